The highest BCUT2D eigenvalue weighted by atomic mass is 16.3. The van der Waals surface area contributed by atoms with E-state index in [1.165, 1.54) is 11.8 Å². The number of amides is 2. The van der Waals surface area contributed by atoms with Gasteiger partial charge in [-0.05, 0) is 106 Å². The molecule has 234 valence electrons. The van der Waals surface area contributed by atoms with Gasteiger partial charge in [-0.1, -0.05) is 55.8 Å². The maximum absolute atomic E-state index is 13.9. The molecule has 2 amide bonds. The highest BCUT2D eigenvalue weighted by Crippen LogP contribution is 2.59. The van der Waals surface area contributed by atoms with Crippen LogP contribution in [0.25, 0.3) is 0 Å². The summed E-state index contributed by atoms with van der Waals surface area (Å²) in [6.45, 7) is 6.98. The summed E-state index contributed by atoms with van der Waals surface area (Å²) in [4.78, 5) is 29.1. The number of aliphatic hydroxyl groups is 2. The minimum Gasteiger partial charge on any atom is -0.461 e. The molecule has 7 heteroatoms. The highest BCUT2D eigenvalue weighted by molar-refractivity contribution is 6.08. The van der Waals surface area contributed by atoms with Gasteiger partial charge in [0.1, 0.15) is 0 Å². The van der Waals surface area contributed by atoms with Crippen molar-refractivity contribution in [3.8, 4) is 0 Å². The molecule has 7 nitrogen and oxygen atoms in total. The number of carbonyl (C=O) groups is 2. The number of allylic oxidation sites excluding steroid dienone is 2. The fourth-order valence-electron chi connectivity index (χ4n) is 7.30. The number of rotatable bonds is 7. The van der Waals surface area contributed by atoms with Gasteiger partial charge in [0.05, 0.1) is 24.5 Å². The SMILES string of the molecule is CCCN(C[C@]1(O)CC[C@H]2c3ccc(cc3C(=O)c3ccco3)C[C@@H](O)CCC(C)=CCC[C@@]21C)C(=O)Nc1ccccc1. The number of hydrogen-bond donors (Lipinski definition) is 3. The van der Waals surface area contributed by atoms with Crippen LogP contribution in [0.2, 0.25) is 0 Å². The van der Waals surface area contributed by atoms with Crippen LogP contribution in [0, 0.1) is 5.41 Å². The van der Waals surface area contributed by atoms with Gasteiger partial charge in [0, 0.05) is 23.2 Å². The van der Waals surface area contributed by atoms with Crippen LogP contribution in [0.4, 0.5) is 10.5 Å². The molecule has 3 aliphatic carbocycles. The molecule has 4 atom stereocenters. The number of nitrogens with one attached hydrogen (secondary N) is 1. The zero-order chi connectivity index (χ0) is 31.3. The highest BCUT2D eigenvalue weighted by Gasteiger charge is 2.57. The molecule has 2 aromatic carbocycles. The van der Waals surface area contributed by atoms with Gasteiger partial charge in [-0.2, -0.15) is 0 Å². The molecule has 2 bridgehead atoms. The Kier molecular flexibility index (Phi) is 9.76. The Balaban J connectivity index is 1.55. The summed E-state index contributed by atoms with van der Waals surface area (Å²) in [5, 5.41) is 26.5. The fraction of sp³-hybridized carbons (Fsp3) is 0.459. The molecule has 3 aliphatic rings. The zero-order valence-corrected chi connectivity index (χ0v) is 26.2. The fourth-order valence-corrected chi connectivity index (χ4v) is 7.30. The van der Waals surface area contributed by atoms with Gasteiger partial charge < -0.3 is 24.8 Å². The standard InChI is InChI=1S/C37H46N2O5/c1-4-21-39(35(42)38-28-11-6-5-7-12-28)25-37(43)20-18-32-30-17-15-27(24-31(30)34(41)33-13-9-22-44-33)23-29(40)16-14-26(2)10-8-19-36(32,37)3/h5-7,9-13,15,17,22,24,29,32,40,43H,4,8,14,16,18-21,23,25H2,1-3H3,(H,38,42)/t29-,32-,36-,37+/m0/s1. The van der Waals surface area contributed by atoms with E-state index < -0.39 is 17.1 Å². The number of fused-ring (bicyclic) bond motifs is 8. The number of para-hydroxylation sites is 1. The van der Waals surface area contributed by atoms with Crippen LogP contribution in [0.15, 0.2) is 83.0 Å². The van der Waals surface area contributed by atoms with Crippen molar-refractivity contribution in [1.82, 2.24) is 4.90 Å². The average molecular weight is 599 g/mol. The summed E-state index contributed by atoms with van der Waals surface area (Å²) in [5.74, 6) is -0.0557. The van der Waals surface area contributed by atoms with Crippen LogP contribution in [-0.4, -0.2) is 51.7 Å². The third-order valence-electron chi connectivity index (χ3n) is 9.92. The van der Waals surface area contributed by atoms with Crippen molar-refractivity contribution in [2.75, 3.05) is 18.4 Å². The first-order valence-corrected chi connectivity index (χ1v) is 16.0. The van der Waals surface area contributed by atoms with Gasteiger partial charge in [-0.3, -0.25) is 4.79 Å². The van der Waals surface area contributed by atoms with E-state index in [9.17, 15) is 19.8 Å². The maximum atomic E-state index is 13.9. The lowest BCUT2D eigenvalue weighted by Gasteiger charge is -2.46. The Bertz CT molecular complexity index is 1470. The first-order chi connectivity index (χ1) is 21.1. The topological polar surface area (TPSA) is 103 Å². The van der Waals surface area contributed by atoms with Crippen LogP contribution in [0.5, 0.6) is 0 Å². The molecule has 0 aliphatic heterocycles. The van der Waals surface area contributed by atoms with E-state index in [-0.39, 0.29) is 30.0 Å². The Labute approximate surface area is 261 Å². The molecule has 1 heterocycles. The normalized spacial score (nSPS) is 25.5. The van der Waals surface area contributed by atoms with Crippen molar-refractivity contribution < 1.29 is 24.2 Å². The van der Waals surface area contributed by atoms with Crippen LogP contribution < -0.4 is 5.32 Å². The minimum atomic E-state index is -1.18. The molecular formula is C37H46N2O5. The van der Waals surface area contributed by atoms with Crippen molar-refractivity contribution in [1.29, 1.82) is 0 Å². The Morgan fingerprint density at radius 1 is 1.07 bits per heavy atom. The lowest BCUT2D eigenvalue weighted by atomic mass is 9.64. The Morgan fingerprint density at radius 3 is 2.59 bits per heavy atom. The predicted octanol–water partition coefficient (Wildman–Crippen LogP) is 7.49. The van der Waals surface area contributed by atoms with E-state index in [0.29, 0.717) is 49.9 Å². The number of aliphatic hydroxyl groups excluding tert-OH is 1. The van der Waals surface area contributed by atoms with Crippen LogP contribution in [0.1, 0.15) is 98.9 Å². The van der Waals surface area contributed by atoms with Crippen LogP contribution in [-0.2, 0) is 6.42 Å². The second kappa shape index (κ2) is 13.5. The third-order valence-corrected chi connectivity index (χ3v) is 9.92. The van der Waals surface area contributed by atoms with E-state index in [0.717, 1.165) is 30.4 Å². The lowest BCUT2D eigenvalue weighted by Crippen LogP contribution is -2.54. The monoisotopic (exact) mass is 598 g/mol. The van der Waals surface area contributed by atoms with E-state index in [1.807, 2.05) is 55.5 Å². The van der Waals surface area contributed by atoms with Crippen molar-refractivity contribution in [3.05, 3.63) is 101 Å². The molecule has 0 saturated heterocycles. The number of anilines is 1. The number of urea groups is 1. The van der Waals surface area contributed by atoms with E-state index in [2.05, 4.69) is 25.2 Å². The summed E-state index contributed by atoms with van der Waals surface area (Å²) >= 11 is 0. The molecule has 0 unspecified atom stereocenters. The zero-order valence-electron chi connectivity index (χ0n) is 26.2. The number of hydrogen-bond acceptors (Lipinski definition) is 5. The number of ketones is 1. The van der Waals surface area contributed by atoms with Crippen molar-refractivity contribution in [3.63, 3.8) is 0 Å². The smallest absolute Gasteiger partial charge is 0.321 e. The van der Waals surface area contributed by atoms with E-state index in [1.54, 1.807) is 17.0 Å². The van der Waals surface area contributed by atoms with Gasteiger partial charge in [0.2, 0.25) is 5.78 Å². The maximum Gasteiger partial charge on any atom is 0.321 e. The van der Waals surface area contributed by atoms with Crippen LogP contribution in [0.3, 0.4) is 0 Å². The first-order valence-electron chi connectivity index (χ1n) is 16.0. The summed E-state index contributed by atoms with van der Waals surface area (Å²) in [6, 6.07) is 18.5. The van der Waals surface area contributed by atoms with Crippen molar-refractivity contribution in [2.45, 2.75) is 89.8 Å². The van der Waals surface area contributed by atoms with Gasteiger partial charge >= 0.3 is 6.03 Å². The third kappa shape index (κ3) is 6.69. The molecule has 6 rings (SSSR count). The molecular weight excluding hydrogens is 552 g/mol. The second-order valence-corrected chi connectivity index (χ2v) is 13.0. The minimum absolute atomic E-state index is 0.127. The van der Waals surface area contributed by atoms with Crippen molar-refractivity contribution in [2.24, 2.45) is 5.41 Å². The molecule has 1 fully saturated rings. The number of nitrogens with zero attached hydrogens (tertiary/aromatic N) is 1. The number of carbonyl (C=O) groups excluding carboxylic acids is 2. The quantitative estimate of drug-likeness (QED) is 0.193. The predicted molar refractivity (Wildman–Crippen MR) is 173 cm³/mol. The molecule has 3 aromatic rings. The summed E-state index contributed by atoms with van der Waals surface area (Å²) in [6.07, 6.45) is 8.48. The summed E-state index contributed by atoms with van der Waals surface area (Å²) < 4.78 is 5.54. The average Bonchev–Trinajstić information content (AvgIpc) is 3.63. The summed E-state index contributed by atoms with van der Waals surface area (Å²) in [5.41, 5.74) is 2.46. The Hall–Kier alpha value is -3.68. The van der Waals surface area contributed by atoms with Crippen molar-refractivity contribution >= 4 is 17.5 Å². The van der Waals surface area contributed by atoms with E-state index >= 15 is 0 Å². The molecule has 0 radical (unpaired) electrons. The summed E-state index contributed by atoms with van der Waals surface area (Å²) in [7, 11) is 0. The molecule has 0 spiro atoms. The molecule has 44 heavy (non-hydrogen) atoms. The van der Waals surface area contributed by atoms with Gasteiger partial charge in [0.15, 0.2) is 5.76 Å². The van der Waals surface area contributed by atoms with Gasteiger partial charge in [0.25, 0.3) is 0 Å². The lowest BCUT2D eigenvalue weighted by molar-refractivity contribution is -0.0763. The van der Waals surface area contributed by atoms with Gasteiger partial charge in [-0.25, -0.2) is 4.79 Å². The molecule has 1 aromatic heterocycles. The van der Waals surface area contributed by atoms with Crippen LogP contribution >= 0.6 is 0 Å². The molecule has 3 N–H and O–H groups in total. The number of benzene rings is 2. The molecule has 1 saturated carbocycles. The van der Waals surface area contributed by atoms with E-state index in [4.69, 9.17) is 4.42 Å². The second-order valence-electron chi connectivity index (χ2n) is 13.0. The van der Waals surface area contributed by atoms with Gasteiger partial charge in [-0.15, -0.1) is 0 Å². The largest absolute Gasteiger partial charge is 0.461 e. The Morgan fingerprint density at radius 2 is 1.86 bits per heavy atom. The first kappa shape index (κ1) is 31.7. The number of furan rings is 1.